The fourth-order valence-corrected chi connectivity index (χ4v) is 2.72. The normalized spacial score (nSPS) is 20.9. The number of piperidine rings is 1. The van der Waals surface area contributed by atoms with Crippen molar-refractivity contribution in [3.8, 4) is 0 Å². The van der Waals surface area contributed by atoms with Crippen LogP contribution < -0.4 is 5.32 Å². The molecule has 3 heterocycles. The van der Waals surface area contributed by atoms with Gasteiger partial charge in [-0.25, -0.2) is 4.68 Å². The molecule has 8 heteroatoms. The Hall–Kier alpha value is -1.96. The molecule has 0 unspecified atom stereocenters. The van der Waals surface area contributed by atoms with Gasteiger partial charge in [0.1, 0.15) is 6.54 Å². The molecule has 0 aliphatic carbocycles. The molecule has 3 rings (SSSR count). The van der Waals surface area contributed by atoms with E-state index in [0.29, 0.717) is 24.8 Å². The van der Waals surface area contributed by atoms with Crippen LogP contribution in [-0.2, 0) is 4.79 Å². The number of nitrogens with one attached hydrogen (secondary N) is 1. The zero-order valence-electron chi connectivity index (χ0n) is 12.2. The molecule has 2 fully saturated rings. The molecule has 2 amide bonds. The lowest BCUT2D eigenvalue weighted by atomic mass is 10.1. The average molecular weight is 292 g/mol. The number of hydrogen-bond acceptors (Lipinski definition) is 5. The Balaban J connectivity index is 1.68. The van der Waals surface area contributed by atoms with Gasteiger partial charge in [-0.05, 0) is 25.9 Å². The van der Waals surface area contributed by atoms with Gasteiger partial charge in [0, 0.05) is 20.1 Å². The van der Waals surface area contributed by atoms with Gasteiger partial charge < -0.3 is 15.1 Å². The molecule has 8 nitrogen and oxygen atoms in total. The third-order valence-electron chi connectivity index (χ3n) is 4.16. The number of amides is 2. The summed E-state index contributed by atoms with van der Waals surface area (Å²) in [5.41, 5.74) is 0.325. The molecule has 0 spiro atoms. The monoisotopic (exact) mass is 292 g/mol. The third-order valence-corrected chi connectivity index (χ3v) is 4.16. The first kappa shape index (κ1) is 14.0. The predicted octanol–water partition coefficient (Wildman–Crippen LogP) is -0.883. The average Bonchev–Trinajstić information content (AvgIpc) is 3.00. The van der Waals surface area contributed by atoms with E-state index in [4.69, 9.17) is 0 Å². The second-order valence-electron chi connectivity index (χ2n) is 5.61. The quantitative estimate of drug-likeness (QED) is 0.765. The van der Waals surface area contributed by atoms with Gasteiger partial charge >= 0.3 is 0 Å². The van der Waals surface area contributed by atoms with Gasteiger partial charge in [-0.2, -0.15) is 0 Å². The van der Waals surface area contributed by atoms with Gasteiger partial charge in [0.2, 0.25) is 5.91 Å². The summed E-state index contributed by atoms with van der Waals surface area (Å²) in [7, 11) is 1.75. The van der Waals surface area contributed by atoms with E-state index in [-0.39, 0.29) is 18.4 Å². The number of rotatable bonds is 2. The molecule has 1 aromatic rings. The molecule has 1 aromatic heterocycles. The van der Waals surface area contributed by atoms with Crippen LogP contribution in [0.3, 0.4) is 0 Å². The summed E-state index contributed by atoms with van der Waals surface area (Å²) in [5.74, 6) is -0.253. The van der Waals surface area contributed by atoms with Crippen molar-refractivity contribution in [1.82, 2.24) is 30.1 Å². The molecule has 0 saturated carbocycles. The molecule has 21 heavy (non-hydrogen) atoms. The first-order valence-electron chi connectivity index (χ1n) is 7.31. The van der Waals surface area contributed by atoms with Crippen molar-refractivity contribution in [2.24, 2.45) is 0 Å². The van der Waals surface area contributed by atoms with Gasteiger partial charge in [0.25, 0.3) is 5.91 Å². The summed E-state index contributed by atoms with van der Waals surface area (Å²) in [4.78, 5) is 27.2. The molecule has 2 aliphatic heterocycles. The number of nitrogens with zero attached hydrogens (tertiary/aromatic N) is 5. The maximum Gasteiger partial charge on any atom is 0.276 e. The van der Waals surface area contributed by atoms with Crippen LogP contribution in [-0.4, -0.2) is 76.4 Å². The molecule has 1 N–H and O–H groups in total. The van der Waals surface area contributed by atoms with E-state index in [9.17, 15) is 9.59 Å². The SMILES string of the molecule is CN1CCN(C(=O)c2cn(C3CCNCC3)nn2)CC1=O. The summed E-state index contributed by atoms with van der Waals surface area (Å²) < 4.78 is 1.78. The van der Waals surface area contributed by atoms with Gasteiger partial charge in [-0.3, -0.25) is 9.59 Å². The van der Waals surface area contributed by atoms with Crippen LogP contribution in [0.2, 0.25) is 0 Å². The second kappa shape index (κ2) is 5.80. The Kier molecular flexibility index (Phi) is 3.87. The molecule has 2 aliphatic rings. The highest BCUT2D eigenvalue weighted by Crippen LogP contribution is 2.17. The molecule has 0 atom stereocenters. The van der Waals surface area contributed by atoms with Crippen molar-refractivity contribution in [2.45, 2.75) is 18.9 Å². The highest BCUT2D eigenvalue weighted by atomic mass is 16.2. The van der Waals surface area contributed by atoms with Crippen LogP contribution in [0.25, 0.3) is 0 Å². The molecule has 0 radical (unpaired) electrons. The standard InChI is InChI=1S/C13H20N6O2/c1-17-6-7-18(9-12(17)20)13(21)11-8-19(16-15-11)10-2-4-14-5-3-10/h8,10,14H,2-7,9H2,1H3. The van der Waals surface area contributed by atoms with Crippen molar-refractivity contribution in [1.29, 1.82) is 0 Å². The molecule has 2 saturated heterocycles. The topological polar surface area (TPSA) is 83.4 Å². The Morgan fingerprint density at radius 2 is 2.10 bits per heavy atom. The van der Waals surface area contributed by atoms with Crippen LogP contribution >= 0.6 is 0 Å². The molecule has 0 aromatic carbocycles. The first-order valence-corrected chi connectivity index (χ1v) is 7.31. The molecular weight excluding hydrogens is 272 g/mol. The molecule has 0 bridgehead atoms. The van der Waals surface area contributed by atoms with E-state index in [0.717, 1.165) is 25.9 Å². The van der Waals surface area contributed by atoms with Crippen molar-refractivity contribution in [2.75, 3.05) is 39.8 Å². The summed E-state index contributed by atoms with van der Waals surface area (Å²) in [6.07, 6.45) is 3.69. The van der Waals surface area contributed by atoms with Gasteiger partial charge in [-0.1, -0.05) is 5.21 Å². The minimum Gasteiger partial charge on any atom is -0.342 e. The maximum atomic E-state index is 12.4. The number of likely N-dealkylation sites (N-methyl/N-ethyl adjacent to an activating group) is 1. The van der Waals surface area contributed by atoms with Gasteiger partial charge in [0.05, 0.1) is 12.2 Å². The van der Waals surface area contributed by atoms with Crippen LogP contribution in [0.4, 0.5) is 0 Å². The summed E-state index contributed by atoms with van der Waals surface area (Å²) in [6, 6.07) is 0.300. The highest BCUT2D eigenvalue weighted by Gasteiger charge is 2.28. The number of carbonyl (C=O) groups excluding carboxylic acids is 2. The zero-order valence-corrected chi connectivity index (χ0v) is 12.2. The van der Waals surface area contributed by atoms with E-state index >= 15 is 0 Å². The van der Waals surface area contributed by atoms with E-state index in [1.54, 1.807) is 27.7 Å². The largest absolute Gasteiger partial charge is 0.342 e. The number of piperazine rings is 1. The lowest BCUT2D eigenvalue weighted by Gasteiger charge is -2.31. The molecular formula is C13H20N6O2. The summed E-state index contributed by atoms with van der Waals surface area (Å²) >= 11 is 0. The Bertz CT molecular complexity index is 537. The molecule has 114 valence electrons. The predicted molar refractivity (Wildman–Crippen MR) is 74.7 cm³/mol. The maximum absolute atomic E-state index is 12.4. The van der Waals surface area contributed by atoms with Crippen LogP contribution in [0.15, 0.2) is 6.20 Å². The van der Waals surface area contributed by atoms with Gasteiger partial charge in [-0.15, -0.1) is 5.10 Å². The smallest absolute Gasteiger partial charge is 0.276 e. The fourth-order valence-electron chi connectivity index (χ4n) is 2.72. The first-order chi connectivity index (χ1) is 10.1. The fraction of sp³-hybridized carbons (Fsp3) is 0.692. The van der Waals surface area contributed by atoms with E-state index in [2.05, 4.69) is 15.6 Å². The highest BCUT2D eigenvalue weighted by molar-refractivity contribution is 5.95. The number of carbonyl (C=O) groups is 2. The van der Waals surface area contributed by atoms with Crippen molar-refractivity contribution >= 4 is 11.8 Å². The Morgan fingerprint density at radius 1 is 1.33 bits per heavy atom. The lowest BCUT2D eigenvalue weighted by molar-refractivity contribution is -0.133. The van der Waals surface area contributed by atoms with Crippen LogP contribution in [0.5, 0.6) is 0 Å². The van der Waals surface area contributed by atoms with Crippen LogP contribution in [0.1, 0.15) is 29.4 Å². The Labute approximate surface area is 123 Å². The number of aromatic nitrogens is 3. The van der Waals surface area contributed by atoms with Crippen LogP contribution in [0, 0.1) is 0 Å². The van der Waals surface area contributed by atoms with Crippen molar-refractivity contribution in [3.63, 3.8) is 0 Å². The summed E-state index contributed by atoms with van der Waals surface area (Å²) in [6.45, 7) is 3.14. The van der Waals surface area contributed by atoms with E-state index < -0.39 is 0 Å². The van der Waals surface area contributed by atoms with Gasteiger partial charge in [0.15, 0.2) is 5.69 Å². The third kappa shape index (κ3) is 2.90. The zero-order chi connectivity index (χ0) is 14.8. The Morgan fingerprint density at radius 3 is 2.81 bits per heavy atom. The van der Waals surface area contributed by atoms with Crippen molar-refractivity contribution < 1.29 is 9.59 Å². The lowest BCUT2D eigenvalue weighted by Crippen LogP contribution is -2.50. The second-order valence-corrected chi connectivity index (χ2v) is 5.61. The minimum atomic E-state index is -0.211. The van der Waals surface area contributed by atoms with E-state index in [1.807, 2.05) is 0 Å². The summed E-state index contributed by atoms with van der Waals surface area (Å²) in [5, 5.41) is 11.4. The number of hydrogen-bond donors (Lipinski definition) is 1. The minimum absolute atomic E-state index is 0.0413. The van der Waals surface area contributed by atoms with Crippen molar-refractivity contribution in [3.05, 3.63) is 11.9 Å². The van der Waals surface area contributed by atoms with E-state index in [1.165, 1.54) is 0 Å².